The molecule has 4 nitrogen and oxygen atoms in total. The zero-order valence-electron chi connectivity index (χ0n) is 9.95. The van der Waals surface area contributed by atoms with E-state index >= 15 is 0 Å². The van der Waals surface area contributed by atoms with Crippen molar-refractivity contribution in [1.29, 1.82) is 0 Å². The van der Waals surface area contributed by atoms with Crippen LogP contribution >= 0.6 is 0 Å². The van der Waals surface area contributed by atoms with Crippen molar-refractivity contribution in [3.63, 3.8) is 0 Å². The fourth-order valence-electron chi connectivity index (χ4n) is 1.39. The van der Waals surface area contributed by atoms with Crippen LogP contribution in [0.4, 0.5) is 0 Å². The molecule has 0 heterocycles. The number of likely N-dealkylation sites (N-methyl/N-ethyl adjacent to an activating group) is 1. The summed E-state index contributed by atoms with van der Waals surface area (Å²) in [4.78, 5) is 0. The van der Waals surface area contributed by atoms with Crippen LogP contribution in [0, 0.1) is 0 Å². The number of sulfone groups is 1. The molecule has 92 valence electrons. The van der Waals surface area contributed by atoms with E-state index in [4.69, 9.17) is 4.74 Å². The Morgan fingerprint density at radius 1 is 1.33 bits per heavy atom. The summed E-state index contributed by atoms with van der Waals surface area (Å²) in [6.45, 7) is 6.24. The largest absolute Gasteiger partial charge is 0.380 e. The minimum absolute atomic E-state index is 0.265. The lowest BCUT2D eigenvalue weighted by atomic mass is 10.2. The smallest absolute Gasteiger partial charge is 0.147 e. The highest BCUT2D eigenvalue weighted by Gasteiger charge is 2.09. The second kappa shape index (κ2) is 8.07. The lowest BCUT2D eigenvalue weighted by Gasteiger charge is -2.17. The van der Waals surface area contributed by atoms with Crippen LogP contribution in [0.2, 0.25) is 0 Å². The Labute approximate surface area is 93.3 Å². The van der Waals surface area contributed by atoms with Gasteiger partial charge in [-0.3, -0.25) is 0 Å². The molecule has 1 atom stereocenters. The highest BCUT2D eigenvalue weighted by atomic mass is 32.2. The van der Waals surface area contributed by atoms with Crippen LogP contribution in [-0.2, 0) is 14.6 Å². The highest BCUT2D eigenvalue weighted by Crippen LogP contribution is 2.01. The Morgan fingerprint density at radius 2 is 2.00 bits per heavy atom. The summed E-state index contributed by atoms with van der Waals surface area (Å²) in [5, 5.41) is 3.28. The maximum Gasteiger partial charge on any atom is 0.147 e. The molecule has 0 fully saturated rings. The van der Waals surface area contributed by atoms with Crippen LogP contribution in [0.1, 0.15) is 26.7 Å². The van der Waals surface area contributed by atoms with Crippen molar-refractivity contribution in [2.45, 2.75) is 32.7 Å². The molecule has 1 N–H and O–H groups in total. The summed E-state index contributed by atoms with van der Waals surface area (Å²) in [6, 6.07) is 0.275. The molecule has 0 saturated heterocycles. The second-order valence-corrected chi connectivity index (χ2v) is 5.95. The molecule has 0 radical (unpaired) electrons. The van der Waals surface area contributed by atoms with Crippen molar-refractivity contribution < 1.29 is 13.2 Å². The Kier molecular flexibility index (Phi) is 8.00. The lowest BCUT2D eigenvalue weighted by molar-refractivity contribution is 0.120. The van der Waals surface area contributed by atoms with Crippen molar-refractivity contribution >= 4 is 9.84 Å². The van der Waals surface area contributed by atoms with E-state index in [1.165, 1.54) is 6.26 Å². The predicted octanol–water partition coefficient (Wildman–Crippen LogP) is 0.826. The lowest BCUT2D eigenvalue weighted by Crippen LogP contribution is -2.33. The van der Waals surface area contributed by atoms with Crippen molar-refractivity contribution in [2.24, 2.45) is 0 Å². The number of hydrogen-bond donors (Lipinski definition) is 1. The zero-order valence-corrected chi connectivity index (χ0v) is 10.8. The van der Waals surface area contributed by atoms with Gasteiger partial charge in [0.2, 0.25) is 0 Å². The quantitative estimate of drug-likeness (QED) is 0.645. The van der Waals surface area contributed by atoms with Crippen LogP contribution < -0.4 is 5.32 Å². The predicted molar refractivity (Wildman–Crippen MR) is 62.9 cm³/mol. The van der Waals surface area contributed by atoms with Gasteiger partial charge in [-0.2, -0.15) is 0 Å². The van der Waals surface area contributed by atoms with Gasteiger partial charge >= 0.3 is 0 Å². The topological polar surface area (TPSA) is 55.4 Å². The van der Waals surface area contributed by atoms with Gasteiger partial charge in [-0.1, -0.05) is 6.92 Å². The normalized spacial score (nSPS) is 14.1. The molecule has 5 heteroatoms. The maximum absolute atomic E-state index is 10.9. The van der Waals surface area contributed by atoms with Gasteiger partial charge in [-0.15, -0.1) is 0 Å². The van der Waals surface area contributed by atoms with Crippen LogP contribution in [0.5, 0.6) is 0 Å². The van der Waals surface area contributed by atoms with Crippen molar-refractivity contribution in [1.82, 2.24) is 5.32 Å². The highest BCUT2D eigenvalue weighted by molar-refractivity contribution is 7.90. The number of rotatable bonds is 9. The summed E-state index contributed by atoms with van der Waals surface area (Å²) < 4.78 is 27.2. The summed E-state index contributed by atoms with van der Waals surface area (Å²) >= 11 is 0. The molecular formula is C10H23NO3S. The molecule has 0 aliphatic heterocycles. The van der Waals surface area contributed by atoms with Gasteiger partial charge in [0.15, 0.2) is 0 Å². The molecule has 0 aromatic heterocycles. The third-order valence-corrected chi connectivity index (χ3v) is 3.11. The standard InChI is InChI=1S/C10H23NO3S/c1-4-11-10(9-14-5-2)7-6-8-15(3,12)13/h10-11H,4-9H2,1-3H3. The Morgan fingerprint density at radius 3 is 2.47 bits per heavy atom. The van der Waals surface area contributed by atoms with E-state index in [0.717, 1.165) is 13.0 Å². The fraction of sp³-hybridized carbons (Fsp3) is 1.00. The van der Waals surface area contributed by atoms with Gasteiger partial charge < -0.3 is 10.1 Å². The first-order valence-corrected chi connectivity index (χ1v) is 7.54. The molecule has 0 aromatic carbocycles. The molecule has 1 unspecified atom stereocenters. The number of hydrogen-bond acceptors (Lipinski definition) is 4. The molecule has 0 spiro atoms. The van der Waals surface area contributed by atoms with Crippen LogP contribution in [0.15, 0.2) is 0 Å². The van der Waals surface area contributed by atoms with E-state index in [1.54, 1.807) is 0 Å². The van der Waals surface area contributed by atoms with E-state index in [2.05, 4.69) is 5.32 Å². The van der Waals surface area contributed by atoms with Crippen molar-refractivity contribution in [3.8, 4) is 0 Å². The average Bonchev–Trinajstić information content (AvgIpc) is 2.12. The molecule has 0 bridgehead atoms. The van der Waals surface area contributed by atoms with Crippen LogP contribution in [0.3, 0.4) is 0 Å². The number of ether oxygens (including phenoxy) is 1. The Hall–Kier alpha value is -0.130. The molecule has 0 aromatic rings. The summed E-state index contributed by atoms with van der Waals surface area (Å²) in [7, 11) is -2.82. The summed E-state index contributed by atoms with van der Waals surface area (Å²) in [5.74, 6) is 0.265. The SMILES string of the molecule is CCNC(CCCS(C)(=O)=O)COCC. The van der Waals surface area contributed by atoms with E-state index in [1.807, 2.05) is 13.8 Å². The summed E-state index contributed by atoms with van der Waals surface area (Å²) in [6.07, 6.45) is 2.82. The Bertz CT molecular complexity index is 239. The van der Waals surface area contributed by atoms with Crippen molar-refractivity contribution in [3.05, 3.63) is 0 Å². The fourth-order valence-corrected chi connectivity index (χ4v) is 2.08. The van der Waals surface area contributed by atoms with Crippen molar-refractivity contribution in [2.75, 3.05) is 31.8 Å². The van der Waals surface area contributed by atoms with Gasteiger partial charge in [0, 0.05) is 24.7 Å². The molecule has 0 aliphatic carbocycles. The third-order valence-electron chi connectivity index (χ3n) is 2.08. The van der Waals surface area contributed by atoms with Gasteiger partial charge in [-0.25, -0.2) is 8.42 Å². The molecule has 15 heavy (non-hydrogen) atoms. The monoisotopic (exact) mass is 237 g/mol. The van der Waals surface area contributed by atoms with Gasteiger partial charge in [-0.05, 0) is 26.3 Å². The van der Waals surface area contributed by atoms with Gasteiger partial charge in [0.05, 0.1) is 6.61 Å². The third kappa shape index (κ3) is 10.2. The molecule has 0 amide bonds. The number of nitrogens with one attached hydrogen (secondary N) is 1. The molecule has 0 rings (SSSR count). The Balaban J connectivity index is 3.74. The van der Waals surface area contributed by atoms with E-state index in [9.17, 15) is 8.42 Å². The van der Waals surface area contributed by atoms with E-state index in [0.29, 0.717) is 19.6 Å². The van der Waals surface area contributed by atoms with E-state index < -0.39 is 9.84 Å². The minimum atomic E-state index is -2.82. The molecule has 0 aliphatic rings. The first kappa shape index (κ1) is 14.9. The molecular weight excluding hydrogens is 214 g/mol. The maximum atomic E-state index is 10.9. The van der Waals surface area contributed by atoms with Gasteiger partial charge in [0.1, 0.15) is 9.84 Å². The van der Waals surface area contributed by atoms with Crippen LogP contribution in [-0.4, -0.2) is 46.2 Å². The zero-order chi connectivity index (χ0) is 11.7. The minimum Gasteiger partial charge on any atom is -0.380 e. The molecule has 0 saturated carbocycles. The van der Waals surface area contributed by atoms with Crippen LogP contribution in [0.25, 0.3) is 0 Å². The summed E-state index contributed by atoms with van der Waals surface area (Å²) in [5.41, 5.74) is 0. The second-order valence-electron chi connectivity index (χ2n) is 3.69. The average molecular weight is 237 g/mol. The van der Waals surface area contributed by atoms with Gasteiger partial charge in [0.25, 0.3) is 0 Å². The first-order valence-electron chi connectivity index (χ1n) is 5.48. The van der Waals surface area contributed by atoms with E-state index in [-0.39, 0.29) is 11.8 Å². The first-order chi connectivity index (χ1) is 6.99.